The van der Waals surface area contributed by atoms with Crippen LogP contribution in [0.15, 0.2) is 18.3 Å². The molecule has 0 aliphatic heterocycles. The fraction of sp³-hybridized carbons (Fsp3) is 0.667. The SMILES string of the molecule is CCc1ccc(CCCC(N)C(C)(C)C)nc1. The van der Waals surface area contributed by atoms with Crippen molar-refractivity contribution in [2.24, 2.45) is 11.1 Å². The minimum Gasteiger partial charge on any atom is -0.327 e. The molecule has 0 aromatic carbocycles. The molecule has 2 heteroatoms. The molecule has 1 heterocycles. The number of hydrogen-bond acceptors (Lipinski definition) is 2. The predicted molar refractivity (Wildman–Crippen MR) is 74.0 cm³/mol. The zero-order valence-corrected chi connectivity index (χ0v) is 11.7. The summed E-state index contributed by atoms with van der Waals surface area (Å²) in [6.07, 6.45) is 6.27. The Kier molecular flexibility index (Phi) is 5.13. The molecule has 1 aromatic rings. The molecule has 96 valence electrons. The lowest BCUT2D eigenvalue weighted by Gasteiger charge is -2.26. The molecule has 1 atom stereocenters. The van der Waals surface area contributed by atoms with Crippen LogP contribution < -0.4 is 5.73 Å². The quantitative estimate of drug-likeness (QED) is 0.848. The molecule has 1 aromatic heterocycles. The maximum Gasteiger partial charge on any atom is 0.0403 e. The van der Waals surface area contributed by atoms with Crippen LogP contribution in [0.1, 0.15) is 51.8 Å². The van der Waals surface area contributed by atoms with Crippen LogP contribution in [0.5, 0.6) is 0 Å². The van der Waals surface area contributed by atoms with Crippen molar-refractivity contribution in [2.75, 3.05) is 0 Å². The third-order valence-corrected chi connectivity index (χ3v) is 3.35. The molecule has 0 saturated carbocycles. The molecule has 0 fully saturated rings. The first kappa shape index (κ1) is 14.2. The Morgan fingerprint density at radius 1 is 1.29 bits per heavy atom. The van der Waals surface area contributed by atoms with Gasteiger partial charge in [0.25, 0.3) is 0 Å². The van der Waals surface area contributed by atoms with Gasteiger partial charge in [0.2, 0.25) is 0 Å². The first-order valence-corrected chi connectivity index (χ1v) is 6.63. The van der Waals surface area contributed by atoms with Crippen molar-refractivity contribution in [1.82, 2.24) is 4.98 Å². The molecule has 1 rings (SSSR count). The Hall–Kier alpha value is -0.890. The maximum atomic E-state index is 6.14. The lowest BCUT2D eigenvalue weighted by Crippen LogP contribution is -2.34. The second kappa shape index (κ2) is 6.15. The van der Waals surface area contributed by atoms with E-state index in [1.54, 1.807) is 0 Å². The van der Waals surface area contributed by atoms with E-state index in [0.29, 0.717) is 0 Å². The highest BCUT2D eigenvalue weighted by Gasteiger charge is 2.19. The van der Waals surface area contributed by atoms with E-state index in [-0.39, 0.29) is 11.5 Å². The Bertz CT molecular complexity index is 322. The van der Waals surface area contributed by atoms with Crippen LogP contribution >= 0.6 is 0 Å². The molecule has 0 radical (unpaired) electrons. The molecule has 0 amide bonds. The summed E-state index contributed by atoms with van der Waals surface area (Å²) >= 11 is 0. The molecule has 2 N–H and O–H groups in total. The van der Waals surface area contributed by atoms with Gasteiger partial charge in [0.1, 0.15) is 0 Å². The summed E-state index contributed by atoms with van der Waals surface area (Å²) in [5, 5.41) is 0. The molecule has 0 saturated heterocycles. The smallest absolute Gasteiger partial charge is 0.0403 e. The van der Waals surface area contributed by atoms with Gasteiger partial charge in [-0.05, 0) is 42.7 Å². The van der Waals surface area contributed by atoms with Crippen LogP contribution in [0, 0.1) is 5.41 Å². The monoisotopic (exact) mass is 234 g/mol. The number of nitrogens with two attached hydrogens (primary N) is 1. The van der Waals surface area contributed by atoms with E-state index in [9.17, 15) is 0 Å². The highest BCUT2D eigenvalue weighted by molar-refractivity contribution is 5.13. The molecule has 0 bridgehead atoms. The Labute approximate surface area is 106 Å². The number of rotatable bonds is 5. The summed E-state index contributed by atoms with van der Waals surface area (Å²) in [5.41, 5.74) is 8.84. The average Bonchev–Trinajstić information content (AvgIpc) is 2.28. The fourth-order valence-electron chi connectivity index (χ4n) is 1.75. The lowest BCUT2D eigenvalue weighted by atomic mass is 9.84. The van der Waals surface area contributed by atoms with Gasteiger partial charge in [-0.3, -0.25) is 4.98 Å². The predicted octanol–water partition coefficient (Wildman–Crippen LogP) is 3.34. The molecule has 2 nitrogen and oxygen atoms in total. The van der Waals surface area contributed by atoms with Crippen molar-refractivity contribution >= 4 is 0 Å². The number of nitrogens with zero attached hydrogens (tertiary/aromatic N) is 1. The third kappa shape index (κ3) is 4.86. The van der Waals surface area contributed by atoms with Crippen LogP contribution in [0.25, 0.3) is 0 Å². The molecule has 0 spiro atoms. The molecule has 0 aliphatic rings. The van der Waals surface area contributed by atoms with Gasteiger partial charge >= 0.3 is 0 Å². The standard InChI is InChI=1S/C15H26N2/c1-5-12-9-10-13(17-11-12)7-6-8-14(16)15(2,3)4/h9-11,14H,5-8,16H2,1-4H3. The molecule has 0 aliphatic carbocycles. The van der Waals surface area contributed by atoms with E-state index >= 15 is 0 Å². The fourth-order valence-corrected chi connectivity index (χ4v) is 1.75. The van der Waals surface area contributed by atoms with E-state index in [1.807, 2.05) is 6.20 Å². The second-order valence-corrected chi connectivity index (χ2v) is 5.88. The van der Waals surface area contributed by atoms with E-state index < -0.39 is 0 Å². The summed E-state index contributed by atoms with van der Waals surface area (Å²) in [6.45, 7) is 8.75. The van der Waals surface area contributed by atoms with Crippen molar-refractivity contribution in [3.05, 3.63) is 29.6 Å². The highest BCUT2D eigenvalue weighted by Crippen LogP contribution is 2.21. The van der Waals surface area contributed by atoms with Crippen LogP contribution in [-0.4, -0.2) is 11.0 Å². The van der Waals surface area contributed by atoms with Crippen molar-refractivity contribution in [2.45, 2.75) is 59.4 Å². The van der Waals surface area contributed by atoms with Crippen molar-refractivity contribution < 1.29 is 0 Å². The average molecular weight is 234 g/mol. The maximum absolute atomic E-state index is 6.14. The zero-order chi connectivity index (χ0) is 12.9. The lowest BCUT2D eigenvalue weighted by molar-refractivity contribution is 0.301. The summed E-state index contributed by atoms with van der Waals surface area (Å²) in [7, 11) is 0. The van der Waals surface area contributed by atoms with E-state index in [4.69, 9.17) is 5.73 Å². The molecule has 17 heavy (non-hydrogen) atoms. The summed E-state index contributed by atoms with van der Waals surface area (Å²) in [6, 6.07) is 4.59. The number of aryl methyl sites for hydroxylation is 2. The van der Waals surface area contributed by atoms with E-state index in [0.717, 1.165) is 25.7 Å². The van der Waals surface area contributed by atoms with Crippen LogP contribution in [0.4, 0.5) is 0 Å². The summed E-state index contributed by atoms with van der Waals surface area (Å²) < 4.78 is 0. The van der Waals surface area contributed by atoms with E-state index in [2.05, 4.69) is 44.8 Å². The zero-order valence-electron chi connectivity index (χ0n) is 11.7. The number of pyridine rings is 1. The van der Waals surface area contributed by atoms with E-state index in [1.165, 1.54) is 11.3 Å². The van der Waals surface area contributed by atoms with Gasteiger partial charge < -0.3 is 5.73 Å². The van der Waals surface area contributed by atoms with Crippen molar-refractivity contribution in [1.29, 1.82) is 0 Å². The molecular weight excluding hydrogens is 208 g/mol. The largest absolute Gasteiger partial charge is 0.327 e. The van der Waals surface area contributed by atoms with Crippen LogP contribution in [0.2, 0.25) is 0 Å². The van der Waals surface area contributed by atoms with Crippen LogP contribution in [0.3, 0.4) is 0 Å². The minimum atomic E-state index is 0.208. The molecular formula is C15H26N2. The first-order chi connectivity index (χ1) is 7.93. The van der Waals surface area contributed by atoms with Gasteiger partial charge in [0, 0.05) is 17.9 Å². The van der Waals surface area contributed by atoms with Crippen molar-refractivity contribution in [3.63, 3.8) is 0 Å². The van der Waals surface area contributed by atoms with Crippen LogP contribution in [-0.2, 0) is 12.8 Å². The van der Waals surface area contributed by atoms with Gasteiger partial charge in [0.15, 0.2) is 0 Å². The number of hydrogen-bond donors (Lipinski definition) is 1. The molecule has 1 unspecified atom stereocenters. The minimum absolute atomic E-state index is 0.208. The number of aromatic nitrogens is 1. The Morgan fingerprint density at radius 3 is 2.47 bits per heavy atom. The summed E-state index contributed by atoms with van der Waals surface area (Å²) in [4.78, 5) is 4.47. The van der Waals surface area contributed by atoms with Gasteiger partial charge in [-0.15, -0.1) is 0 Å². The first-order valence-electron chi connectivity index (χ1n) is 6.63. The Balaban J connectivity index is 2.35. The third-order valence-electron chi connectivity index (χ3n) is 3.35. The van der Waals surface area contributed by atoms with Gasteiger partial charge in [-0.2, -0.15) is 0 Å². The van der Waals surface area contributed by atoms with Gasteiger partial charge in [-0.25, -0.2) is 0 Å². The van der Waals surface area contributed by atoms with Gasteiger partial charge in [-0.1, -0.05) is 33.8 Å². The summed E-state index contributed by atoms with van der Waals surface area (Å²) in [5.74, 6) is 0. The highest BCUT2D eigenvalue weighted by atomic mass is 14.7. The second-order valence-electron chi connectivity index (χ2n) is 5.88. The topological polar surface area (TPSA) is 38.9 Å². The Morgan fingerprint density at radius 2 is 2.00 bits per heavy atom. The normalized spacial score (nSPS) is 13.7. The van der Waals surface area contributed by atoms with Crippen molar-refractivity contribution in [3.8, 4) is 0 Å². The van der Waals surface area contributed by atoms with Gasteiger partial charge in [0.05, 0.1) is 0 Å².